The van der Waals surface area contributed by atoms with E-state index in [2.05, 4.69) is 6.92 Å². The van der Waals surface area contributed by atoms with Crippen LogP contribution in [0.1, 0.15) is 26.2 Å². The number of hydrogen-bond acceptors (Lipinski definition) is 4. The maximum absolute atomic E-state index is 12.3. The van der Waals surface area contributed by atoms with Gasteiger partial charge in [-0.05, 0) is 17.9 Å². The normalized spacial score (nSPS) is 11.8. The number of benzene rings is 2. The number of fused-ring (bicyclic) bond motifs is 1. The predicted octanol–water partition coefficient (Wildman–Crippen LogP) is 3.32. The molecule has 0 fully saturated rings. The number of rotatable bonds is 6. The van der Waals surface area contributed by atoms with Crippen LogP contribution in [0, 0.1) is 0 Å². The first-order valence-electron chi connectivity index (χ1n) is 6.73. The lowest BCUT2D eigenvalue weighted by Crippen LogP contribution is -2.10. The van der Waals surface area contributed by atoms with Gasteiger partial charge in [-0.1, -0.05) is 50.1 Å². The van der Waals surface area contributed by atoms with Gasteiger partial charge in [0.15, 0.2) is 0 Å². The molecule has 0 radical (unpaired) electrons. The summed E-state index contributed by atoms with van der Waals surface area (Å²) in [6, 6.07) is 10.7. The summed E-state index contributed by atoms with van der Waals surface area (Å²) >= 11 is 0. The molecular formula is C15H19NO3S. The summed E-state index contributed by atoms with van der Waals surface area (Å²) in [7, 11) is -3.82. The molecule has 0 bridgehead atoms. The Hall–Kier alpha value is -1.59. The van der Waals surface area contributed by atoms with E-state index in [1.165, 1.54) is 0 Å². The number of anilines is 1. The summed E-state index contributed by atoms with van der Waals surface area (Å²) in [5.41, 5.74) is 6.07. The third-order valence-electron chi connectivity index (χ3n) is 3.15. The molecule has 2 aromatic rings. The van der Waals surface area contributed by atoms with Gasteiger partial charge in [0.25, 0.3) is 10.1 Å². The van der Waals surface area contributed by atoms with Gasteiger partial charge < -0.3 is 5.73 Å². The van der Waals surface area contributed by atoms with Crippen LogP contribution in [0.2, 0.25) is 0 Å². The average molecular weight is 293 g/mol. The van der Waals surface area contributed by atoms with E-state index in [9.17, 15) is 8.42 Å². The quantitative estimate of drug-likeness (QED) is 0.504. The Labute approximate surface area is 119 Å². The van der Waals surface area contributed by atoms with Gasteiger partial charge in [0.05, 0.1) is 12.3 Å². The lowest BCUT2D eigenvalue weighted by Gasteiger charge is -2.11. The third-order valence-corrected chi connectivity index (χ3v) is 4.58. The summed E-state index contributed by atoms with van der Waals surface area (Å²) in [5.74, 6) is 0. The molecule has 5 heteroatoms. The molecule has 0 amide bonds. The van der Waals surface area contributed by atoms with Crippen molar-refractivity contribution < 1.29 is 12.6 Å². The highest BCUT2D eigenvalue weighted by molar-refractivity contribution is 7.87. The standard InChI is InChI=1S/C15H19NO3S/c1-2-3-6-11-19-20(17,18)15-13-8-5-4-7-12(13)9-10-14(15)16/h4-5,7-10H,2-3,6,11,16H2,1H3. The van der Waals surface area contributed by atoms with Crippen LogP contribution in [-0.4, -0.2) is 15.0 Å². The SMILES string of the molecule is CCCCCOS(=O)(=O)c1c(N)ccc2ccccc12. The van der Waals surface area contributed by atoms with Crippen molar-refractivity contribution in [3.8, 4) is 0 Å². The molecule has 2 aromatic carbocycles. The fourth-order valence-electron chi connectivity index (χ4n) is 2.12. The second kappa shape index (κ2) is 6.24. The zero-order chi connectivity index (χ0) is 14.6. The summed E-state index contributed by atoms with van der Waals surface area (Å²) < 4.78 is 29.8. The summed E-state index contributed by atoms with van der Waals surface area (Å²) in [6.07, 6.45) is 2.68. The van der Waals surface area contributed by atoms with Crippen LogP contribution in [0.4, 0.5) is 5.69 Å². The fraction of sp³-hybridized carbons (Fsp3) is 0.333. The molecule has 108 valence electrons. The zero-order valence-corrected chi connectivity index (χ0v) is 12.3. The number of nitrogen functional groups attached to an aromatic ring is 1. The van der Waals surface area contributed by atoms with Crippen LogP contribution in [0.15, 0.2) is 41.3 Å². The van der Waals surface area contributed by atoms with Crippen molar-refractivity contribution in [1.82, 2.24) is 0 Å². The first-order chi connectivity index (χ1) is 9.56. The summed E-state index contributed by atoms with van der Waals surface area (Å²) in [4.78, 5) is 0.0760. The molecule has 0 saturated carbocycles. The Morgan fingerprint density at radius 1 is 1.10 bits per heavy atom. The van der Waals surface area contributed by atoms with Gasteiger partial charge in [-0.3, -0.25) is 4.18 Å². The molecule has 20 heavy (non-hydrogen) atoms. The molecule has 0 heterocycles. The van der Waals surface area contributed by atoms with Crippen LogP contribution in [0.25, 0.3) is 10.8 Å². The monoisotopic (exact) mass is 293 g/mol. The van der Waals surface area contributed by atoms with Crippen LogP contribution in [-0.2, 0) is 14.3 Å². The molecule has 0 atom stereocenters. The largest absolute Gasteiger partial charge is 0.398 e. The van der Waals surface area contributed by atoms with E-state index < -0.39 is 10.1 Å². The van der Waals surface area contributed by atoms with Gasteiger partial charge in [0, 0.05) is 5.39 Å². The van der Waals surface area contributed by atoms with Crippen molar-refractivity contribution in [2.45, 2.75) is 31.1 Å². The van der Waals surface area contributed by atoms with Crippen LogP contribution in [0.5, 0.6) is 0 Å². The smallest absolute Gasteiger partial charge is 0.299 e. The summed E-state index contributed by atoms with van der Waals surface area (Å²) in [6.45, 7) is 2.25. The van der Waals surface area contributed by atoms with E-state index in [0.717, 1.165) is 24.6 Å². The highest BCUT2D eigenvalue weighted by Crippen LogP contribution is 2.29. The number of nitrogens with two attached hydrogens (primary N) is 1. The maximum atomic E-state index is 12.3. The zero-order valence-electron chi connectivity index (χ0n) is 11.5. The maximum Gasteiger partial charge on any atom is 0.299 e. The second-order valence-electron chi connectivity index (χ2n) is 4.69. The van der Waals surface area contributed by atoms with E-state index in [1.54, 1.807) is 24.3 Å². The van der Waals surface area contributed by atoms with E-state index in [1.807, 2.05) is 12.1 Å². The molecule has 4 nitrogen and oxygen atoms in total. The Kier molecular flexibility index (Phi) is 4.62. The minimum Gasteiger partial charge on any atom is -0.398 e. The van der Waals surface area contributed by atoms with Gasteiger partial charge in [-0.2, -0.15) is 8.42 Å². The molecule has 0 aliphatic rings. The summed E-state index contributed by atoms with van der Waals surface area (Å²) in [5, 5.41) is 1.43. The first-order valence-corrected chi connectivity index (χ1v) is 8.13. The van der Waals surface area contributed by atoms with Crippen molar-refractivity contribution in [3.63, 3.8) is 0 Å². The van der Waals surface area contributed by atoms with Crippen LogP contribution in [0.3, 0.4) is 0 Å². The Bertz CT molecular complexity index is 695. The van der Waals surface area contributed by atoms with Crippen LogP contribution < -0.4 is 5.73 Å². The molecule has 0 unspecified atom stereocenters. The lowest BCUT2D eigenvalue weighted by atomic mass is 10.1. The van der Waals surface area contributed by atoms with Crippen molar-refractivity contribution in [3.05, 3.63) is 36.4 Å². The van der Waals surface area contributed by atoms with Gasteiger partial charge >= 0.3 is 0 Å². The van der Waals surface area contributed by atoms with Gasteiger partial charge in [0.2, 0.25) is 0 Å². The van der Waals surface area contributed by atoms with E-state index in [4.69, 9.17) is 9.92 Å². The van der Waals surface area contributed by atoms with Crippen LogP contribution >= 0.6 is 0 Å². The van der Waals surface area contributed by atoms with E-state index in [-0.39, 0.29) is 17.2 Å². The molecule has 0 saturated heterocycles. The van der Waals surface area contributed by atoms with Gasteiger partial charge in [-0.25, -0.2) is 0 Å². The Morgan fingerprint density at radius 2 is 1.85 bits per heavy atom. The van der Waals surface area contributed by atoms with Crippen molar-refractivity contribution in [2.24, 2.45) is 0 Å². The van der Waals surface area contributed by atoms with E-state index in [0.29, 0.717) is 5.39 Å². The highest BCUT2D eigenvalue weighted by atomic mass is 32.2. The van der Waals surface area contributed by atoms with Crippen molar-refractivity contribution >= 4 is 26.6 Å². The average Bonchev–Trinajstić information content (AvgIpc) is 2.43. The minimum absolute atomic E-state index is 0.0760. The topological polar surface area (TPSA) is 69.4 Å². The molecule has 0 aliphatic heterocycles. The van der Waals surface area contributed by atoms with Crippen molar-refractivity contribution in [2.75, 3.05) is 12.3 Å². The lowest BCUT2D eigenvalue weighted by molar-refractivity contribution is 0.308. The molecule has 2 N–H and O–H groups in total. The number of unbranched alkanes of at least 4 members (excludes halogenated alkanes) is 2. The fourth-order valence-corrected chi connectivity index (χ4v) is 3.39. The Morgan fingerprint density at radius 3 is 2.60 bits per heavy atom. The molecule has 0 spiro atoms. The third kappa shape index (κ3) is 3.11. The van der Waals surface area contributed by atoms with Gasteiger partial charge in [0.1, 0.15) is 4.90 Å². The molecule has 2 rings (SSSR count). The molecular weight excluding hydrogens is 274 g/mol. The second-order valence-corrected chi connectivity index (χ2v) is 6.24. The number of hydrogen-bond donors (Lipinski definition) is 1. The first kappa shape index (κ1) is 14.8. The van der Waals surface area contributed by atoms with E-state index >= 15 is 0 Å². The molecule has 0 aliphatic carbocycles. The van der Waals surface area contributed by atoms with Crippen molar-refractivity contribution in [1.29, 1.82) is 0 Å². The Balaban J connectivity index is 2.38. The predicted molar refractivity (Wildman–Crippen MR) is 81.0 cm³/mol. The highest BCUT2D eigenvalue weighted by Gasteiger charge is 2.21. The molecule has 0 aromatic heterocycles. The van der Waals surface area contributed by atoms with Gasteiger partial charge in [-0.15, -0.1) is 0 Å². The minimum atomic E-state index is -3.82.